The highest BCUT2D eigenvalue weighted by Gasteiger charge is 2.14. The third-order valence-corrected chi connectivity index (χ3v) is 4.05. The number of nitrogens with zero attached hydrogens (tertiary/aromatic N) is 1. The lowest BCUT2D eigenvalue weighted by Crippen LogP contribution is -2.06. The van der Waals surface area contributed by atoms with Crippen molar-refractivity contribution in [2.75, 3.05) is 0 Å². The van der Waals surface area contributed by atoms with Gasteiger partial charge >= 0.3 is 5.97 Å². The molecule has 4 heteroatoms. The number of benzene rings is 2. The molecule has 0 aliphatic carbocycles. The Morgan fingerprint density at radius 2 is 1.64 bits per heavy atom. The van der Waals surface area contributed by atoms with Crippen molar-refractivity contribution in [2.45, 2.75) is 0 Å². The number of aromatic carboxylic acids is 1. The molecule has 0 unspecified atom stereocenters. The summed E-state index contributed by atoms with van der Waals surface area (Å²) < 4.78 is 1.78. The van der Waals surface area contributed by atoms with Crippen molar-refractivity contribution in [3.05, 3.63) is 89.9 Å². The van der Waals surface area contributed by atoms with Gasteiger partial charge in [0.2, 0.25) is 0 Å². The number of hydrogen-bond acceptors (Lipinski definition) is 1. The van der Waals surface area contributed by atoms with Gasteiger partial charge in [-0.05, 0) is 36.4 Å². The molecule has 4 aromatic rings. The van der Waals surface area contributed by atoms with Crippen molar-refractivity contribution in [1.82, 2.24) is 9.55 Å². The maximum absolute atomic E-state index is 11.6. The molecule has 2 aromatic carbocycles. The third-order valence-electron chi connectivity index (χ3n) is 4.05. The van der Waals surface area contributed by atoms with Crippen LogP contribution in [0.2, 0.25) is 0 Å². The van der Waals surface area contributed by atoms with E-state index in [4.69, 9.17) is 0 Å². The summed E-state index contributed by atoms with van der Waals surface area (Å²) in [5.74, 6) is 5.34. The van der Waals surface area contributed by atoms with Crippen molar-refractivity contribution in [1.29, 1.82) is 0 Å². The summed E-state index contributed by atoms with van der Waals surface area (Å²) in [7, 11) is 0. The van der Waals surface area contributed by atoms with Crippen LogP contribution in [0.5, 0.6) is 0 Å². The zero-order valence-corrected chi connectivity index (χ0v) is 13.2. The standard InChI is InChI=1S/C21H14N2O2/c24-21(25)18-8-4-7-17(20(18)23-13-1-2-14-23)10-9-15-5-3-6-16-11-12-22-19(15)16/h1-8,11-14,22H,(H,24,25). The van der Waals surface area contributed by atoms with Crippen LogP contribution in [-0.4, -0.2) is 20.6 Å². The molecule has 0 amide bonds. The summed E-state index contributed by atoms with van der Waals surface area (Å²) in [6.07, 6.45) is 5.52. The number of H-pyrrole nitrogens is 1. The van der Waals surface area contributed by atoms with Crippen molar-refractivity contribution in [3.63, 3.8) is 0 Å². The number of nitrogens with one attached hydrogen (secondary N) is 1. The van der Waals surface area contributed by atoms with Gasteiger partial charge < -0.3 is 14.7 Å². The second-order valence-electron chi connectivity index (χ2n) is 5.59. The van der Waals surface area contributed by atoms with Crippen molar-refractivity contribution >= 4 is 16.9 Å². The van der Waals surface area contributed by atoms with E-state index in [-0.39, 0.29) is 5.56 Å². The van der Waals surface area contributed by atoms with Gasteiger partial charge in [0.25, 0.3) is 0 Å². The van der Waals surface area contributed by atoms with Gasteiger partial charge in [-0.15, -0.1) is 0 Å². The molecule has 2 heterocycles. The molecular weight excluding hydrogens is 312 g/mol. The molecule has 4 nitrogen and oxygen atoms in total. The summed E-state index contributed by atoms with van der Waals surface area (Å²) in [5, 5.41) is 10.6. The number of carboxylic acid groups (broad SMARTS) is 1. The summed E-state index contributed by atoms with van der Waals surface area (Å²) in [4.78, 5) is 14.8. The fourth-order valence-corrected chi connectivity index (χ4v) is 2.90. The monoisotopic (exact) mass is 326 g/mol. The number of carbonyl (C=O) groups is 1. The SMILES string of the molecule is O=C(O)c1cccc(C#Cc2cccc3cc[nH]c23)c1-n1cccc1. The van der Waals surface area contributed by atoms with Crippen molar-refractivity contribution in [2.24, 2.45) is 0 Å². The van der Waals surface area contributed by atoms with Crippen LogP contribution in [0, 0.1) is 11.8 Å². The lowest BCUT2D eigenvalue weighted by atomic mass is 10.1. The highest BCUT2D eigenvalue weighted by Crippen LogP contribution is 2.21. The largest absolute Gasteiger partial charge is 0.478 e. The van der Waals surface area contributed by atoms with E-state index in [9.17, 15) is 9.90 Å². The topological polar surface area (TPSA) is 58.0 Å². The van der Waals surface area contributed by atoms with Gasteiger partial charge in [-0.2, -0.15) is 0 Å². The van der Waals surface area contributed by atoms with Gasteiger partial charge in [-0.1, -0.05) is 30.0 Å². The van der Waals surface area contributed by atoms with E-state index in [0.29, 0.717) is 11.3 Å². The number of aromatic nitrogens is 2. The Morgan fingerprint density at radius 1 is 0.920 bits per heavy atom. The second-order valence-corrected chi connectivity index (χ2v) is 5.59. The van der Waals surface area contributed by atoms with Gasteiger partial charge in [0.1, 0.15) is 0 Å². The molecule has 0 spiro atoms. The van der Waals surface area contributed by atoms with Gasteiger partial charge in [0.05, 0.1) is 16.8 Å². The molecule has 0 radical (unpaired) electrons. The summed E-state index contributed by atoms with van der Waals surface area (Å²) in [6.45, 7) is 0. The first-order valence-corrected chi connectivity index (χ1v) is 7.82. The number of fused-ring (bicyclic) bond motifs is 1. The van der Waals surface area contributed by atoms with Gasteiger partial charge in [0.15, 0.2) is 0 Å². The molecular formula is C21H14N2O2. The Bertz CT molecular complexity index is 1130. The average molecular weight is 326 g/mol. The Hall–Kier alpha value is -3.71. The number of rotatable bonds is 2. The van der Waals surface area contributed by atoms with E-state index >= 15 is 0 Å². The van der Waals surface area contributed by atoms with Crippen LogP contribution < -0.4 is 0 Å². The Labute approximate surface area is 144 Å². The first kappa shape index (κ1) is 14.9. The molecule has 25 heavy (non-hydrogen) atoms. The minimum Gasteiger partial charge on any atom is -0.478 e. The third kappa shape index (κ3) is 2.68. The quantitative estimate of drug-likeness (QED) is 0.546. The van der Waals surface area contributed by atoms with Gasteiger partial charge in [-0.25, -0.2) is 4.79 Å². The molecule has 2 aromatic heterocycles. The molecule has 0 saturated heterocycles. The predicted molar refractivity (Wildman–Crippen MR) is 97.0 cm³/mol. The second kappa shape index (κ2) is 6.06. The van der Waals surface area contributed by atoms with Crippen LogP contribution in [0.3, 0.4) is 0 Å². The van der Waals surface area contributed by atoms with Crippen LogP contribution in [0.15, 0.2) is 73.2 Å². The number of aromatic amines is 1. The fraction of sp³-hybridized carbons (Fsp3) is 0. The Balaban J connectivity index is 1.89. The maximum Gasteiger partial charge on any atom is 0.337 e. The Kier molecular flexibility index (Phi) is 3.60. The van der Waals surface area contributed by atoms with E-state index in [0.717, 1.165) is 16.5 Å². The number of para-hydroxylation sites is 2. The van der Waals surface area contributed by atoms with E-state index in [2.05, 4.69) is 16.8 Å². The van der Waals surface area contributed by atoms with Gasteiger partial charge in [0, 0.05) is 35.1 Å². The zero-order valence-electron chi connectivity index (χ0n) is 13.2. The first-order valence-electron chi connectivity index (χ1n) is 7.82. The van der Waals surface area contributed by atoms with Crippen LogP contribution >= 0.6 is 0 Å². The van der Waals surface area contributed by atoms with Crippen LogP contribution in [0.4, 0.5) is 0 Å². The molecule has 0 atom stereocenters. The molecule has 0 aliphatic rings. The maximum atomic E-state index is 11.6. The van der Waals surface area contributed by atoms with Crippen molar-refractivity contribution < 1.29 is 9.90 Å². The van der Waals surface area contributed by atoms with Gasteiger partial charge in [-0.3, -0.25) is 0 Å². The fourth-order valence-electron chi connectivity index (χ4n) is 2.90. The molecule has 120 valence electrons. The molecule has 4 rings (SSSR count). The highest BCUT2D eigenvalue weighted by atomic mass is 16.4. The van der Waals surface area contributed by atoms with Crippen molar-refractivity contribution in [3.8, 4) is 17.5 Å². The van der Waals surface area contributed by atoms with Crippen LogP contribution in [0.1, 0.15) is 21.5 Å². The van der Waals surface area contributed by atoms with Crippen LogP contribution in [-0.2, 0) is 0 Å². The predicted octanol–water partition coefficient (Wildman–Crippen LogP) is 4.06. The Morgan fingerprint density at radius 3 is 2.44 bits per heavy atom. The first-order chi connectivity index (χ1) is 12.2. The van der Waals surface area contributed by atoms with E-state index in [1.165, 1.54) is 0 Å². The zero-order chi connectivity index (χ0) is 17.2. The highest BCUT2D eigenvalue weighted by molar-refractivity contribution is 5.93. The number of carboxylic acids is 1. The molecule has 0 aliphatic heterocycles. The summed E-state index contributed by atoms with van der Waals surface area (Å²) >= 11 is 0. The summed E-state index contributed by atoms with van der Waals surface area (Å²) in [6, 6.07) is 16.8. The molecule has 0 saturated carbocycles. The van der Waals surface area contributed by atoms with E-state index in [1.54, 1.807) is 16.7 Å². The average Bonchev–Trinajstić information content (AvgIpc) is 3.30. The molecule has 0 bridgehead atoms. The normalized spacial score (nSPS) is 10.4. The lowest BCUT2D eigenvalue weighted by Gasteiger charge is -2.10. The summed E-state index contributed by atoms with van der Waals surface area (Å²) in [5.41, 5.74) is 3.32. The van der Waals surface area contributed by atoms with E-state index in [1.807, 2.05) is 61.1 Å². The smallest absolute Gasteiger partial charge is 0.337 e. The van der Waals surface area contributed by atoms with E-state index < -0.39 is 5.97 Å². The number of hydrogen-bond donors (Lipinski definition) is 2. The molecule has 0 fully saturated rings. The minimum atomic E-state index is -0.973. The minimum absolute atomic E-state index is 0.223. The molecule has 2 N–H and O–H groups in total. The van der Waals surface area contributed by atoms with Crippen LogP contribution in [0.25, 0.3) is 16.6 Å². The lowest BCUT2D eigenvalue weighted by molar-refractivity contribution is 0.0697.